The van der Waals surface area contributed by atoms with Crippen LogP contribution in [0.25, 0.3) is 10.9 Å². The van der Waals surface area contributed by atoms with Gasteiger partial charge in [0.25, 0.3) is 0 Å². The van der Waals surface area contributed by atoms with Crippen LogP contribution in [0.3, 0.4) is 0 Å². The highest BCUT2D eigenvalue weighted by Gasteiger charge is 2.18. The molecular formula is C21H24N2O2. The number of aryl methyl sites for hydroxylation is 1. The van der Waals surface area contributed by atoms with Gasteiger partial charge in [-0.25, -0.2) is 0 Å². The van der Waals surface area contributed by atoms with Crippen LogP contribution in [0.1, 0.15) is 54.0 Å². The number of hydrogen-bond donors (Lipinski definition) is 0. The van der Waals surface area contributed by atoms with Gasteiger partial charge < -0.3 is 9.30 Å². The number of fused-ring (bicyclic) bond motifs is 1. The Balaban J connectivity index is 2.27. The van der Waals surface area contributed by atoms with E-state index >= 15 is 0 Å². The van der Waals surface area contributed by atoms with Crippen molar-refractivity contribution in [3.8, 4) is 5.75 Å². The number of rotatable bonds is 5. The summed E-state index contributed by atoms with van der Waals surface area (Å²) in [5.41, 5.74) is 5.08. The lowest BCUT2D eigenvalue weighted by molar-refractivity contribution is 0.101. The molecule has 2 heterocycles. The molecule has 0 N–H and O–H groups in total. The fourth-order valence-corrected chi connectivity index (χ4v) is 3.28. The first-order chi connectivity index (χ1) is 11.9. The van der Waals surface area contributed by atoms with Crippen molar-refractivity contribution < 1.29 is 9.53 Å². The lowest BCUT2D eigenvalue weighted by Gasteiger charge is -2.15. The minimum Gasteiger partial charge on any atom is -0.497 e. The Labute approximate surface area is 148 Å². The Morgan fingerprint density at radius 3 is 2.60 bits per heavy atom. The molecule has 0 aliphatic carbocycles. The number of ketones is 1. The highest BCUT2D eigenvalue weighted by atomic mass is 16.5. The Bertz CT molecular complexity index is 938. The molecule has 0 amide bonds. The zero-order valence-electron chi connectivity index (χ0n) is 15.5. The zero-order chi connectivity index (χ0) is 18.1. The summed E-state index contributed by atoms with van der Waals surface area (Å²) in [6, 6.07) is 10.1. The first kappa shape index (κ1) is 17.2. The van der Waals surface area contributed by atoms with Gasteiger partial charge in [0.15, 0.2) is 5.78 Å². The van der Waals surface area contributed by atoms with Gasteiger partial charge in [0, 0.05) is 18.5 Å². The number of benzene rings is 1. The van der Waals surface area contributed by atoms with Crippen molar-refractivity contribution >= 4 is 16.7 Å². The molecule has 3 rings (SSSR count). The van der Waals surface area contributed by atoms with E-state index < -0.39 is 0 Å². The second-order valence-corrected chi connectivity index (χ2v) is 6.81. The second kappa shape index (κ2) is 6.71. The van der Waals surface area contributed by atoms with E-state index in [0.29, 0.717) is 18.2 Å². The fraction of sp³-hybridized carbons (Fsp3) is 0.333. The van der Waals surface area contributed by atoms with Crippen LogP contribution in [-0.4, -0.2) is 22.4 Å². The molecule has 0 unspecified atom stereocenters. The van der Waals surface area contributed by atoms with Crippen LogP contribution >= 0.6 is 0 Å². The molecule has 4 nitrogen and oxygen atoms in total. The predicted octanol–water partition coefficient (Wildman–Crippen LogP) is 4.73. The molecule has 25 heavy (non-hydrogen) atoms. The van der Waals surface area contributed by atoms with Gasteiger partial charge in [0.2, 0.25) is 0 Å². The highest BCUT2D eigenvalue weighted by molar-refractivity contribution is 6.00. The van der Waals surface area contributed by atoms with Gasteiger partial charge in [-0.3, -0.25) is 9.78 Å². The van der Waals surface area contributed by atoms with E-state index in [-0.39, 0.29) is 5.78 Å². The molecule has 130 valence electrons. The Kier molecular flexibility index (Phi) is 4.62. The van der Waals surface area contributed by atoms with Crippen molar-refractivity contribution in [3.63, 3.8) is 0 Å². The molecule has 0 aliphatic rings. The van der Waals surface area contributed by atoms with Crippen LogP contribution in [0.4, 0.5) is 0 Å². The molecule has 4 heteroatoms. The van der Waals surface area contributed by atoms with Gasteiger partial charge in [-0.1, -0.05) is 13.8 Å². The maximum Gasteiger partial charge on any atom is 0.176 e. The molecule has 0 atom stereocenters. The molecule has 0 fully saturated rings. The molecule has 1 aromatic carbocycles. The smallest absolute Gasteiger partial charge is 0.176 e. The largest absolute Gasteiger partial charge is 0.497 e. The number of pyridine rings is 1. The third kappa shape index (κ3) is 3.29. The van der Waals surface area contributed by atoms with E-state index in [1.165, 1.54) is 5.56 Å². The number of aromatic nitrogens is 2. The second-order valence-electron chi connectivity index (χ2n) is 6.81. The summed E-state index contributed by atoms with van der Waals surface area (Å²) < 4.78 is 7.54. The summed E-state index contributed by atoms with van der Waals surface area (Å²) in [5.74, 6) is 1.19. The molecule has 0 spiro atoms. The van der Waals surface area contributed by atoms with E-state index in [4.69, 9.17) is 4.74 Å². The fourth-order valence-electron chi connectivity index (χ4n) is 3.28. The van der Waals surface area contributed by atoms with Crippen molar-refractivity contribution in [1.29, 1.82) is 0 Å². The first-order valence-corrected chi connectivity index (χ1v) is 8.54. The molecule has 0 saturated carbocycles. The number of Topliss-reactive ketones (excluding diaryl/α,β-unsaturated/α-hetero) is 1. The van der Waals surface area contributed by atoms with Crippen LogP contribution < -0.4 is 4.74 Å². The van der Waals surface area contributed by atoms with Gasteiger partial charge in [0.1, 0.15) is 5.75 Å². The lowest BCUT2D eigenvalue weighted by atomic mass is 10.00. The summed E-state index contributed by atoms with van der Waals surface area (Å²) >= 11 is 0. The van der Waals surface area contributed by atoms with E-state index in [2.05, 4.69) is 42.5 Å². The topological polar surface area (TPSA) is 44.1 Å². The number of hydrogen-bond acceptors (Lipinski definition) is 3. The molecule has 0 saturated heterocycles. The Hall–Kier alpha value is -2.62. The summed E-state index contributed by atoms with van der Waals surface area (Å²) in [7, 11) is 1.67. The molecule has 0 radical (unpaired) electrons. The normalized spacial score (nSPS) is 11.3. The minimum atomic E-state index is 0.0533. The molecular weight excluding hydrogens is 312 g/mol. The zero-order valence-corrected chi connectivity index (χ0v) is 15.5. The quantitative estimate of drug-likeness (QED) is 0.633. The van der Waals surface area contributed by atoms with Crippen LogP contribution in [0, 0.1) is 6.92 Å². The van der Waals surface area contributed by atoms with Crippen LogP contribution in [0.5, 0.6) is 5.75 Å². The number of carbonyl (C=O) groups is 1. The monoisotopic (exact) mass is 336 g/mol. The predicted molar refractivity (Wildman–Crippen MR) is 101 cm³/mol. The molecule has 3 aromatic rings. The van der Waals surface area contributed by atoms with Crippen LogP contribution in [0.2, 0.25) is 0 Å². The Morgan fingerprint density at radius 2 is 2.00 bits per heavy atom. The van der Waals surface area contributed by atoms with Crippen molar-refractivity contribution in [2.45, 2.75) is 40.2 Å². The first-order valence-electron chi connectivity index (χ1n) is 8.54. The third-order valence-corrected chi connectivity index (χ3v) is 4.51. The maximum atomic E-state index is 12.3. The number of nitrogens with zero attached hydrogens (tertiary/aromatic N) is 2. The average Bonchev–Trinajstić information content (AvgIpc) is 2.92. The van der Waals surface area contributed by atoms with Gasteiger partial charge in [0.05, 0.1) is 30.6 Å². The SMILES string of the molecule is COc1cc(C(C)C)c2c(c1)cc(C(C)=O)n2Cc1cc(C)ccn1. The van der Waals surface area contributed by atoms with Crippen LogP contribution in [-0.2, 0) is 6.54 Å². The lowest BCUT2D eigenvalue weighted by Crippen LogP contribution is -2.10. The van der Waals surface area contributed by atoms with E-state index in [9.17, 15) is 4.79 Å². The van der Waals surface area contributed by atoms with E-state index in [0.717, 1.165) is 27.9 Å². The van der Waals surface area contributed by atoms with Crippen molar-refractivity contribution in [1.82, 2.24) is 9.55 Å². The van der Waals surface area contributed by atoms with Gasteiger partial charge in [-0.15, -0.1) is 0 Å². The van der Waals surface area contributed by atoms with Gasteiger partial charge in [-0.05, 0) is 54.3 Å². The summed E-state index contributed by atoms with van der Waals surface area (Å²) in [4.78, 5) is 16.7. The van der Waals surface area contributed by atoms with Gasteiger partial charge in [-0.2, -0.15) is 0 Å². The summed E-state index contributed by atoms with van der Waals surface area (Å²) in [6.07, 6.45) is 1.82. The number of methoxy groups -OCH3 is 1. The van der Waals surface area contributed by atoms with Crippen LogP contribution in [0.15, 0.2) is 36.5 Å². The molecule has 0 bridgehead atoms. The molecule has 0 aliphatic heterocycles. The van der Waals surface area contributed by atoms with Crippen molar-refractivity contribution in [3.05, 3.63) is 59.0 Å². The summed E-state index contributed by atoms with van der Waals surface area (Å²) in [6.45, 7) is 8.55. The Morgan fingerprint density at radius 1 is 1.24 bits per heavy atom. The molecule has 2 aromatic heterocycles. The number of carbonyl (C=O) groups excluding carboxylic acids is 1. The van der Waals surface area contributed by atoms with Crippen molar-refractivity contribution in [2.24, 2.45) is 0 Å². The van der Waals surface area contributed by atoms with E-state index in [1.54, 1.807) is 14.0 Å². The number of ether oxygens (including phenoxy) is 1. The van der Waals surface area contributed by atoms with E-state index in [1.807, 2.05) is 24.4 Å². The van der Waals surface area contributed by atoms with Gasteiger partial charge >= 0.3 is 0 Å². The maximum absolute atomic E-state index is 12.3. The summed E-state index contributed by atoms with van der Waals surface area (Å²) in [5, 5.41) is 1.03. The minimum absolute atomic E-state index is 0.0533. The highest BCUT2D eigenvalue weighted by Crippen LogP contribution is 2.33. The standard InChI is InChI=1S/C21H24N2O2/c1-13(2)19-11-18(25-5)9-16-10-20(15(4)24)23(21(16)19)12-17-8-14(3)6-7-22-17/h6-11,13H,12H2,1-5H3. The third-order valence-electron chi connectivity index (χ3n) is 4.51. The average molecular weight is 336 g/mol. The van der Waals surface area contributed by atoms with Crippen molar-refractivity contribution in [2.75, 3.05) is 7.11 Å².